The van der Waals surface area contributed by atoms with Gasteiger partial charge in [0.1, 0.15) is 0 Å². The molecule has 0 spiro atoms. The molecular formula is C18H18F2N2O. The van der Waals surface area contributed by atoms with Gasteiger partial charge in [-0.1, -0.05) is 24.3 Å². The molecule has 3 nitrogen and oxygen atoms in total. The van der Waals surface area contributed by atoms with E-state index in [4.69, 9.17) is 0 Å². The van der Waals surface area contributed by atoms with Crippen molar-refractivity contribution in [2.45, 2.75) is 19.4 Å². The number of anilines is 1. The lowest BCUT2D eigenvalue weighted by Gasteiger charge is -2.29. The topological polar surface area (TPSA) is 32.3 Å². The first-order valence-electron chi connectivity index (χ1n) is 7.67. The zero-order chi connectivity index (χ0) is 16.2. The van der Waals surface area contributed by atoms with Gasteiger partial charge >= 0.3 is 0 Å². The lowest BCUT2D eigenvalue weighted by molar-refractivity contribution is -0.131. The van der Waals surface area contributed by atoms with Crippen LogP contribution in [0.4, 0.5) is 14.5 Å². The lowest BCUT2D eigenvalue weighted by atomic mass is 10.00. The number of nitrogens with zero attached hydrogens (tertiary/aromatic N) is 1. The maximum absolute atomic E-state index is 13.1. The molecule has 5 heteroatoms. The maximum Gasteiger partial charge on any atom is 0.224 e. The fourth-order valence-corrected chi connectivity index (χ4v) is 2.79. The molecule has 1 aliphatic heterocycles. The van der Waals surface area contributed by atoms with Crippen molar-refractivity contribution in [1.29, 1.82) is 0 Å². The van der Waals surface area contributed by atoms with E-state index in [0.717, 1.165) is 25.1 Å². The molecule has 3 rings (SSSR count). The van der Waals surface area contributed by atoms with Crippen LogP contribution in [0.15, 0.2) is 42.5 Å². The number of hydrogen-bond acceptors (Lipinski definition) is 2. The third-order valence-electron chi connectivity index (χ3n) is 4.07. The summed E-state index contributed by atoms with van der Waals surface area (Å²) in [6.45, 7) is 1.75. The third kappa shape index (κ3) is 3.67. The first-order chi connectivity index (χ1) is 11.1. The molecular weight excluding hydrogens is 298 g/mol. The van der Waals surface area contributed by atoms with Gasteiger partial charge in [-0.2, -0.15) is 0 Å². The summed E-state index contributed by atoms with van der Waals surface area (Å²) in [4.78, 5) is 14.1. The van der Waals surface area contributed by atoms with Gasteiger partial charge in [0.2, 0.25) is 5.91 Å². The van der Waals surface area contributed by atoms with Crippen molar-refractivity contribution in [3.63, 3.8) is 0 Å². The van der Waals surface area contributed by atoms with Crippen LogP contribution in [0.3, 0.4) is 0 Å². The average molecular weight is 316 g/mol. The van der Waals surface area contributed by atoms with Crippen LogP contribution in [0.1, 0.15) is 17.5 Å². The van der Waals surface area contributed by atoms with Gasteiger partial charge in [-0.3, -0.25) is 4.79 Å². The van der Waals surface area contributed by atoms with Crippen molar-refractivity contribution in [3.8, 4) is 0 Å². The fraction of sp³-hybridized carbons (Fsp3) is 0.278. The maximum atomic E-state index is 13.1. The normalized spacial score (nSPS) is 13.6. The van der Waals surface area contributed by atoms with Gasteiger partial charge in [-0.25, -0.2) is 8.78 Å². The van der Waals surface area contributed by atoms with Gasteiger partial charge in [0.05, 0.1) is 0 Å². The largest absolute Gasteiger partial charge is 0.384 e. The highest BCUT2D eigenvalue weighted by Gasteiger charge is 2.19. The molecule has 2 aromatic carbocycles. The van der Waals surface area contributed by atoms with E-state index in [1.807, 2.05) is 23.1 Å². The summed E-state index contributed by atoms with van der Waals surface area (Å²) in [5.41, 5.74) is 2.97. The molecule has 0 saturated carbocycles. The van der Waals surface area contributed by atoms with Crippen LogP contribution in [0, 0.1) is 11.6 Å². The van der Waals surface area contributed by atoms with E-state index >= 15 is 0 Å². The highest BCUT2D eigenvalue weighted by atomic mass is 19.2. The highest BCUT2D eigenvalue weighted by molar-refractivity contribution is 5.77. The van der Waals surface area contributed by atoms with Crippen molar-refractivity contribution >= 4 is 11.6 Å². The minimum absolute atomic E-state index is 0.0644. The minimum atomic E-state index is -0.894. The zero-order valence-corrected chi connectivity index (χ0v) is 12.7. The van der Waals surface area contributed by atoms with Crippen LogP contribution in [-0.4, -0.2) is 23.9 Å². The third-order valence-corrected chi connectivity index (χ3v) is 4.07. The number of rotatable bonds is 4. The van der Waals surface area contributed by atoms with Gasteiger partial charge in [-0.15, -0.1) is 0 Å². The molecule has 1 N–H and O–H groups in total. The van der Waals surface area contributed by atoms with Gasteiger partial charge in [-0.05, 0) is 35.7 Å². The Hall–Kier alpha value is -2.43. The van der Waals surface area contributed by atoms with Crippen LogP contribution in [0.5, 0.6) is 0 Å². The van der Waals surface area contributed by atoms with E-state index in [2.05, 4.69) is 11.4 Å². The first-order valence-corrected chi connectivity index (χ1v) is 7.67. The predicted octanol–water partition coefficient (Wildman–Crippen LogP) is 3.35. The number of amides is 1. The van der Waals surface area contributed by atoms with Gasteiger partial charge in [0.15, 0.2) is 11.6 Å². The summed E-state index contributed by atoms with van der Waals surface area (Å²) < 4.78 is 26.0. The van der Waals surface area contributed by atoms with E-state index in [9.17, 15) is 13.6 Å². The van der Waals surface area contributed by atoms with Crippen molar-refractivity contribution in [3.05, 3.63) is 65.2 Å². The monoisotopic (exact) mass is 316 g/mol. The molecule has 0 fully saturated rings. The molecule has 0 saturated heterocycles. The first kappa shape index (κ1) is 15.5. The van der Waals surface area contributed by atoms with E-state index in [1.165, 1.54) is 17.2 Å². The molecule has 2 aromatic rings. The van der Waals surface area contributed by atoms with Crippen LogP contribution in [0.25, 0.3) is 0 Å². The summed E-state index contributed by atoms with van der Waals surface area (Å²) in [5, 5.41) is 2.95. The van der Waals surface area contributed by atoms with Crippen molar-refractivity contribution in [2.75, 3.05) is 18.4 Å². The Morgan fingerprint density at radius 1 is 1.09 bits per heavy atom. The second kappa shape index (κ2) is 6.77. The molecule has 120 valence electrons. The number of hydrogen-bond donors (Lipinski definition) is 1. The number of halogens is 2. The predicted molar refractivity (Wildman–Crippen MR) is 85.0 cm³/mol. The number of nitrogens with one attached hydrogen (secondary N) is 1. The fourth-order valence-electron chi connectivity index (χ4n) is 2.79. The van der Waals surface area contributed by atoms with E-state index < -0.39 is 11.6 Å². The Morgan fingerprint density at radius 2 is 1.87 bits per heavy atom. The Morgan fingerprint density at radius 3 is 2.65 bits per heavy atom. The van der Waals surface area contributed by atoms with Crippen LogP contribution < -0.4 is 5.32 Å². The molecule has 0 atom stereocenters. The molecule has 1 amide bonds. The van der Waals surface area contributed by atoms with E-state index in [1.54, 1.807) is 0 Å². The van der Waals surface area contributed by atoms with E-state index in [0.29, 0.717) is 25.2 Å². The Labute approximate surface area is 133 Å². The number of carbonyl (C=O) groups excluding carboxylic acids is 1. The molecule has 23 heavy (non-hydrogen) atoms. The molecule has 0 radical (unpaired) electrons. The molecule has 1 heterocycles. The Bertz CT molecular complexity index is 718. The van der Waals surface area contributed by atoms with E-state index in [-0.39, 0.29) is 5.91 Å². The average Bonchev–Trinajstić information content (AvgIpc) is 2.57. The number of fused-ring (bicyclic) bond motifs is 1. The number of carbonyl (C=O) groups is 1. The molecule has 0 aliphatic carbocycles. The quantitative estimate of drug-likeness (QED) is 0.938. The molecule has 0 unspecified atom stereocenters. The lowest BCUT2D eigenvalue weighted by Crippen LogP contribution is -2.36. The zero-order valence-electron chi connectivity index (χ0n) is 12.7. The van der Waals surface area contributed by atoms with Crippen LogP contribution >= 0.6 is 0 Å². The summed E-state index contributed by atoms with van der Waals surface area (Å²) in [7, 11) is 0. The van der Waals surface area contributed by atoms with Crippen molar-refractivity contribution < 1.29 is 13.6 Å². The Balaban J connectivity index is 1.51. The summed E-state index contributed by atoms with van der Waals surface area (Å²) in [6, 6.07) is 11.8. The van der Waals surface area contributed by atoms with Crippen molar-refractivity contribution in [2.24, 2.45) is 0 Å². The van der Waals surface area contributed by atoms with Gasteiger partial charge < -0.3 is 10.2 Å². The summed E-state index contributed by atoms with van der Waals surface area (Å²) >= 11 is 0. The summed E-state index contributed by atoms with van der Waals surface area (Å²) in [5.74, 6) is -1.71. The molecule has 0 aromatic heterocycles. The SMILES string of the molecule is O=C(CCNc1ccc(F)c(F)c1)N1CCc2ccccc2C1. The smallest absolute Gasteiger partial charge is 0.224 e. The van der Waals surface area contributed by atoms with Crippen molar-refractivity contribution in [1.82, 2.24) is 4.90 Å². The second-order valence-electron chi connectivity index (χ2n) is 5.64. The van der Waals surface area contributed by atoms with Gasteiger partial charge in [0, 0.05) is 31.7 Å². The second-order valence-corrected chi connectivity index (χ2v) is 5.64. The van der Waals surface area contributed by atoms with Crippen LogP contribution in [-0.2, 0) is 17.8 Å². The summed E-state index contributed by atoms with van der Waals surface area (Å²) in [6.07, 6.45) is 1.19. The highest BCUT2D eigenvalue weighted by Crippen LogP contribution is 2.19. The van der Waals surface area contributed by atoms with Gasteiger partial charge in [0.25, 0.3) is 0 Å². The van der Waals surface area contributed by atoms with Crippen LogP contribution in [0.2, 0.25) is 0 Å². The standard InChI is InChI=1S/C18H18F2N2O/c19-16-6-5-15(11-17(16)20)21-9-7-18(23)22-10-8-13-3-1-2-4-14(13)12-22/h1-6,11,21H,7-10,12H2. The Kier molecular flexibility index (Phi) is 4.55. The minimum Gasteiger partial charge on any atom is -0.384 e. The number of benzene rings is 2. The molecule has 1 aliphatic rings. The molecule has 0 bridgehead atoms.